The third-order valence-electron chi connectivity index (χ3n) is 3.22. The van der Waals surface area contributed by atoms with Gasteiger partial charge in [-0.15, -0.1) is 12.4 Å². The average molecular weight is 249 g/mol. The van der Waals surface area contributed by atoms with Crippen molar-refractivity contribution >= 4 is 18.3 Å². The zero-order valence-corrected chi connectivity index (χ0v) is 11.0. The van der Waals surface area contributed by atoms with Crippen LogP contribution in [0.2, 0.25) is 0 Å². The lowest BCUT2D eigenvalue weighted by Gasteiger charge is -2.45. The van der Waals surface area contributed by atoms with Gasteiger partial charge in [0, 0.05) is 25.2 Å². The molecule has 94 valence electrons. The molecule has 0 aromatic rings. The molecule has 2 aliphatic rings. The Balaban J connectivity index is 0.00000128. The summed E-state index contributed by atoms with van der Waals surface area (Å²) in [6.07, 6.45) is 0. The highest BCUT2D eigenvalue weighted by molar-refractivity contribution is 5.85. The van der Waals surface area contributed by atoms with E-state index >= 15 is 0 Å². The predicted octanol–water partition coefficient (Wildman–Crippen LogP) is 0.655. The predicted molar refractivity (Wildman–Crippen MR) is 64.8 cm³/mol. The summed E-state index contributed by atoms with van der Waals surface area (Å²) in [5.74, 6) is 0.253. The van der Waals surface area contributed by atoms with Crippen molar-refractivity contribution in [2.75, 3.05) is 32.8 Å². The van der Waals surface area contributed by atoms with E-state index in [1.165, 1.54) is 0 Å². The summed E-state index contributed by atoms with van der Waals surface area (Å²) in [5.41, 5.74) is -0.220. The van der Waals surface area contributed by atoms with Crippen LogP contribution in [0.1, 0.15) is 20.8 Å². The van der Waals surface area contributed by atoms with E-state index in [9.17, 15) is 4.79 Å². The molecule has 0 aliphatic carbocycles. The molecule has 0 unspecified atom stereocenters. The van der Waals surface area contributed by atoms with Gasteiger partial charge in [-0.05, 0) is 20.8 Å². The van der Waals surface area contributed by atoms with Gasteiger partial charge in [0.2, 0.25) is 5.91 Å². The van der Waals surface area contributed by atoms with Crippen LogP contribution in [-0.4, -0.2) is 49.2 Å². The van der Waals surface area contributed by atoms with Crippen molar-refractivity contribution in [3.05, 3.63) is 0 Å². The third kappa shape index (κ3) is 2.50. The minimum atomic E-state index is -0.257. The van der Waals surface area contributed by atoms with Crippen molar-refractivity contribution in [2.45, 2.75) is 26.3 Å². The number of hydrogen-bond acceptors (Lipinski definition) is 3. The molecule has 2 heterocycles. The molecule has 5 heteroatoms. The fourth-order valence-electron chi connectivity index (χ4n) is 2.23. The van der Waals surface area contributed by atoms with E-state index in [2.05, 4.69) is 19.2 Å². The second-order valence-electron chi connectivity index (χ2n) is 5.59. The quantitative estimate of drug-likeness (QED) is 0.741. The topological polar surface area (TPSA) is 41.6 Å². The zero-order chi connectivity index (χ0) is 11.1. The van der Waals surface area contributed by atoms with Crippen molar-refractivity contribution in [1.82, 2.24) is 10.2 Å². The molecule has 2 fully saturated rings. The molecule has 0 saturated carbocycles. The highest BCUT2D eigenvalue weighted by Gasteiger charge is 2.45. The smallest absolute Gasteiger partial charge is 0.233 e. The molecule has 0 bridgehead atoms. The van der Waals surface area contributed by atoms with Crippen LogP contribution in [0.15, 0.2) is 0 Å². The van der Waals surface area contributed by atoms with Crippen LogP contribution in [0.3, 0.4) is 0 Å². The van der Waals surface area contributed by atoms with E-state index in [1.807, 2.05) is 11.8 Å². The lowest BCUT2D eigenvalue weighted by atomic mass is 9.86. The SMILES string of the molecule is CC1(C)CN(C(=O)C2(C)COC2)CCN1.Cl. The summed E-state index contributed by atoms with van der Waals surface area (Å²) in [7, 11) is 0. The maximum atomic E-state index is 12.2. The number of nitrogens with one attached hydrogen (secondary N) is 1. The van der Waals surface area contributed by atoms with E-state index in [0.29, 0.717) is 13.2 Å². The standard InChI is InChI=1S/C11H20N2O2.ClH/c1-10(2)6-13(5-4-12-10)9(14)11(3)7-15-8-11;/h12H,4-8H2,1-3H3;1H. The molecular weight excluding hydrogens is 228 g/mol. The van der Waals surface area contributed by atoms with Gasteiger partial charge in [-0.3, -0.25) is 4.79 Å². The number of amides is 1. The Morgan fingerprint density at radius 2 is 1.94 bits per heavy atom. The van der Waals surface area contributed by atoms with Crippen molar-refractivity contribution < 1.29 is 9.53 Å². The van der Waals surface area contributed by atoms with Crippen LogP contribution in [0.25, 0.3) is 0 Å². The van der Waals surface area contributed by atoms with Gasteiger partial charge in [-0.25, -0.2) is 0 Å². The number of piperazine rings is 1. The Labute approximate surface area is 103 Å². The van der Waals surface area contributed by atoms with Crippen LogP contribution < -0.4 is 5.32 Å². The minimum Gasteiger partial charge on any atom is -0.379 e. The highest BCUT2D eigenvalue weighted by Crippen LogP contribution is 2.30. The Bertz CT molecular complexity index is 277. The summed E-state index contributed by atoms with van der Waals surface area (Å²) in [6.45, 7) is 9.91. The first kappa shape index (κ1) is 13.7. The number of carbonyl (C=O) groups is 1. The maximum Gasteiger partial charge on any atom is 0.233 e. The molecule has 2 saturated heterocycles. The van der Waals surface area contributed by atoms with Crippen LogP contribution in [0.4, 0.5) is 0 Å². The molecule has 1 N–H and O–H groups in total. The first-order valence-electron chi connectivity index (χ1n) is 5.55. The van der Waals surface area contributed by atoms with E-state index in [0.717, 1.165) is 19.6 Å². The average Bonchev–Trinajstić information content (AvgIpc) is 2.11. The Morgan fingerprint density at radius 3 is 2.38 bits per heavy atom. The van der Waals surface area contributed by atoms with E-state index in [-0.39, 0.29) is 29.3 Å². The molecule has 1 amide bonds. The molecule has 4 nitrogen and oxygen atoms in total. The summed E-state index contributed by atoms with van der Waals surface area (Å²) < 4.78 is 5.14. The normalized spacial score (nSPS) is 26.6. The van der Waals surface area contributed by atoms with Crippen molar-refractivity contribution in [1.29, 1.82) is 0 Å². The second-order valence-corrected chi connectivity index (χ2v) is 5.59. The highest BCUT2D eigenvalue weighted by atomic mass is 35.5. The minimum absolute atomic E-state index is 0. The lowest BCUT2D eigenvalue weighted by Crippen LogP contribution is -2.63. The van der Waals surface area contributed by atoms with E-state index in [4.69, 9.17) is 4.74 Å². The summed E-state index contributed by atoms with van der Waals surface area (Å²) in [4.78, 5) is 14.2. The summed E-state index contributed by atoms with van der Waals surface area (Å²) in [6, 6.07) is 0. The van der Waals surface area contributed by atoms with Crippen molar-refractivity contribution in [3.8, 4) is 0 Å². The molecular formula is C11H21ClN2O2. The Morgan fingerprint density at radius 1 is 1.31 bits per heavy atom. The van der Waals surface area contributed by atoms with Crippen LogP contribution in [-0.2, 0) is 9.53 Å². The second kappa shape index (κ2) is 4.51. The molecule has 0 aromatic carbocycles. The monoisotopic (exact) mass is 248 g/mol. The number of hydrogen-bond donors (Lipinski definition) is 1. The molecule has 0 aromatic heterocycles. The molecule has 0 atom stereocenters. The van der Waals surface area contributed by atoms with Gasteiger partial charge >= 0.3 is 0 Å². The fourth-order valence-corrected chi connectivity index (χ4v) is 2.23. The van der Waals surface area contributed by atoms with Crippen LogP contribution >= 0.6 is 12.4 Å². The maximum absolute atomic E-state index is 12.2. The van der Waals surface area contributed by atoms with Gasteiger partial charge in [0.1, 0.15) is 0 Å². The van der Waals surface area contributed by atoms with Gasteiger partial charge in [-0.2, -0.15) is 0 Å². The van der Waals surface area contributed by atoms with Crippen molar-refractivity contribution in [2.24, 2.45) is 5.41 Å². The number of nitrogens with zero attached hydrogens (tertiary/aromatic N) is 1. The van der Waals surface area contributed by atoms with E-state index < -0.39 is 0 Å². The fraction of sp³-hybridized carbons (Fsp3) is 0.909. The zero-order valence-electron chi connectivity index (χ0n) is 10.2. The van der Waals surface area contributed by atoms with Gasteiger partial charge in [0.25, 0.3) is 0 Å². The Hall–Kier alpha value is -0.320. The van der Waals surface area contributed by atoms with Gasteiger partial charge in [-0.1, -0.05) is 0 Å². The summed E-state index contributed by atoms with van der Waals surface area (Å²) >= 11 is 0. The van der Waals surface area contributed by atoms with Gasteiger partial charge in [0.15, 0.2) is 0 Å². The molecule has 16 heavy (non-hydrogen) atoms. The number of halogens is 1. The molecule has 0 radical (unpaired) electrons. The largest absolute Gasteiger partial charge is 0.379 e. The number of rotatable bonds is 1. The lowest BCUT2D eigenvalue weighted by molar-refractivity contribution is -0.170. The first-order valence-corrected chi connectivity index (χ1v) is 5.55. The van der Waals surface area contributed by atoms with Crippen LogP contribution in [0.5, 0.6) is 0 Å². The van der Waals surface area contributed by atoms with Crippen molar-refractivity contribution in [3.63, 3.8) is 0 Å². The Kier molecular flexibility index (Phi) is 3.87. The van der Waals surface area contributed by atoms with E-state index in [1.54, 1.807) is 0 Å². The van der Waals surface area contributed by atoms with Gasteiger partial charge in [0.05, 0.1) is 18.6 Å². The van der Waals surface area contributed by atoms with Gasteiger partial charge < -0.3 is 15.0 Å². The number of ether oxygens (including phenoxy) is 1. The summed E-state index contributed by atoms with van der Waals surface area (Å²) in [5, 5.41) is 3.41. The molecule has 2 aliphatic heterocycles. The first-order chi connectivity index (χ1) is 6.93. The number of carbonyl (C=O) groups excluding carboxylic acids is 1. The third-order valence-corrected chi connectivity index (χ3v) is 3.22. The molecule has 2 rings (SSSR count). The molecule has 0 spiro atoms. The van der Waals surface area contributed by atoms with Crippen LogP contribution in [0, 0.1) is 5.41 Å².